The highest BCUT2D eigenvalue weighted by atomic mass is 15.3. The van der Waals surface area contributed by atoms with E-state index >= 15 is 0 Å². The minimum atomic E-state index is 0.216. The van der Waals surface area contributed by atoms with Crippen LogP contribution < -0.4 is 16.6 Å². The van der Waals surface area contributed by atoms with Crippen LogP contribution in [-0.4, -0.2) is 16.5 Å². The Morgan fingerprint density at radius 1 is 1.25 bits per heavy atom. The lowest BCUT2D eigenvalue weighted by Crippen LogP contribution is -2.20. The Labute approximate surface area is 96.8 Å². The van der Waals surface area contributed by atoms with Gasteiger partial charge >= 0.3 is 0 Å². The fourth-order valence-electron chi connectivity index (χ4n) is 1.18. The molecule has 1 heterocycles. The van der Waals surface area contributed by atoms with Gasteiger partial charge in [0.25, 0.3) is 0 Å². The molecule has 0 saturated carbocycles. The first-order valence-corrected chi connectivity index (χ1v) is 5.53. The third-order valence-electron chi connectivity index (χ3n) is 2.04. The Bertz CT molecular complexity index is 320. The van der Waals surface area contributed by atoms with Gasteiger partial charge in [0.15, 0.2) is 0 Å². The van der Waals surface area contributed by atoms with E-state index in [1.165, 1.54) is 0 Å². The van der Waals surface area contributed by atoms with E-state index in [1.807, 2.05) is 13.0 Å². The van der Waals surface area contributed by atoms with Crippen molar-refractivity contribution in [2.24, 2.45) is 11.3 Å². The number of nitrogens with zero attached hydrogens (tertiary/aromatic N) is 2. The summed E-state index contributed by atoms with van der Waals surface area (Å²) in [5.74, 6) is 7.60. The van der Waals surface area contributed by atoms with Crippen LogP contribution in [0.15, 0.2) is 6.07 Å². The van der Waals surface area contributed by atoms with Crippen LogP contribution in [0.1, 0.15) is 33.5 Å². The topological polar surface area (TPSA) is 75.9 Å². The highest BCUT2D eigenvalue weighted by Gasteiger charge is 2.10. The van der Waals surface area contributed by atoms with Crippen LogP contribution in [0.3, 0.4) is 0 Å². The second-order valence-corrected chi connectivity index (χ2v) is 4.97. The van der Waals surface area contributed by atoms with E-state index in [1.54, 1.807) is 0 Å². The monoisotopic (exact) mass is 223 g/mol. The van der Waals surface area contributed by atoms with Gasteiger partial charge in [0.2, 0.25) is 0 Å². The summed E-state index contributed by atoms with van der Waals surface area (Å²) in [5.41, 5.74) is 2.76. The molecule has 0 spiro atoms. The number of aromatic nitrogens is 2. The molecule has 90 valence electrons. The Balaban J connectivity index is 2.79. The van der Waals surface area contributed by atoms with E-state index in [2.05, 4.69) is 41.5 Å². The summed E-state index contributed by atoms with van der Waals surface area (Å²) >= 11 is 0. The Kier molecular flexibility index (Phi) is 4.06. The molecule has 0 atom stereocenters. The van der Waals surface area contributed by atoms with Gasteiger partial charge in [0, 0.05) is 19.0 Å². The van der Waals surface area contributed by atoms with Gasteiger partial charge < -0.3 is 10.7 Å². The molecule has 4 N–H and O–H groups in total. The van der Waals surface area contributed by atoms with Gasteiger partial charge in [-0.3, -0.25) is 0 Å². The molecule has 5 heteroatoms. The Morgan fingerprint density at radius 2 is 1.88 bits per heavy atom. The normalized spacial score (nSPS) is 11.3. The van der Waals surface area contributed by atoms with Crippen molar-refractivity contribution >= 4 is 11.6 Å². The summed E-state index contributed by atoms with van der Waals surface area (Å²) in [7, 11) is 0. The third kappa shape index (κ3) is 4.02. The van der Waals surface area contributed by atoms with Crippen LogP contribution in [0.2, 0.25) is 0 Å². The molecule has 0 aromatic carbocycles. The molecule has 0 aliphatic heterocycles. The first-order valence-electron chi connectivity index (χ1n) is 5.53. The lowest BCUT2D eigenvalue weighted by atomic mass is 9.97. The van der Waals surface area contributed by atoms with E-state index in [-0.39, 0.29) is 5.41 Å². The third-order valence-corrected chi connectivity index (χ3v) is 2.04. The number of hydrogen-bond acceptors (Lipinski definition) is 5. The van der Waals surface area contributed by atoms with Gasteiger partial charge in [-0.15, -0.1) is 0 Å². The molecule has 1 aromatic heterocycles. The van der Waals surface area contributed by atoms with Crippen LogP contribution in [-0.2, 0) is 6.42 Å². The molecule has 0 aliphatic carbocycles. The minimum Gasteiger partial charge on any atom is -0.369 e. The lowest BCUT2D eigenvalue weighted by Gasteiger charge is -2.19. The number of anilines is 2. The van der Waals surface area contributed by atoms with Crippen molar-refractivity contribution in [1.82, 2.24) is 9.97 Å². The predicted octanol–water partition coefficient (Wildman–Crippen LogP) is 1.78. The van der Waals surface area contributed by atoms with E-state index < -0.39 is 0 Å². The SMILES string of the molecule is CCc1nc(NN)cc(NCC(C)(C)C)n1. The van der Waals surface area contributed by atoms with Gasteiger partial charge in [0.1, 0.15) is 17.5 Å². The van der Waals surface area contributed by atoms with Crippen molar-refractivity contribution < 1.29 is 0 Å². The summed E-state index contributed by atoms with van der Waals surface area (Å²) < 4.78 is 0. The largest absolute Gasteiger partial charge is 0.369 e. The molecule has 0 saturated heterocycles. The summed E-state index contributed by atoms with van der Waals surface area (Å²) in [6, 6.07) is 1.81. The molecule has 0 aliphatic rings. The number of nitrogens with one attached hydrogen (secondary N) is 2. The maximum atomic E-state index is 5.36. The van der Waals surface area contributed by atoms with Crippen molar-refractivity contribution in [3.63, 3.8) is 0 Å². The standard InChI is InChI=1S/C11H21N5/c1-5-8-14-9(6-10(15-8)16-12)13-7-11(2,3)4/h6H,5,7,12H2,1-4H3,(H2,13,14,15,16). The minimum absolute atomic E-state index is 0.216. The molecular formula is C11H21N5. The van der Waals surface area contributed by atoms with Gasteiger partial charge in [-0.2, -0.15) is 0 Å². The first-order chi connectivity index (χ1) is 7.44. The number of hydrogen-bond donors (Lipinski definition) is 3. The molecular weight excluding hydrogens is 202 g/mol. The van der Waals surface area contributed by atoms with Crippen LogP contribution in [0, 0.1) is 5.41 Å². The molecule has 0 radical (unpaired) electrons. The molecule has 0 unspecified atom stereocenters. The van der Waals surface area contributed by atoms with Crippen molar-refractivity contribution in [1.29, 1.82) is 0 Å². The van der Waals surface area contributed by atoms with Crippen LogP contribution in [0.4, 0.5) is 11.6 Å². The van der Waals surface area contributed by atoms with E-state index in [9.17, 15) is 0 Å². The number of nitrogens with two attached hydrogens (primary N) is 1. The summed E-state index contributed by atoms with van der Waals surface area (Å²) in [6.45, 7) is 9.39. The smallest absolute Gasteiger partial charge is 0.145 e. The fraction of sp³-hybridized carbons (Fsp3) is 0.636. The Morgan fingerprint density at radius 3 is 2.38 bits per heavy atom. The average Bonchev–Trinajstić information content (AvgIpc) is 2.25. The lowest BCUT2D eigenvalue weighted by molar-refractivity contribution is 0.442. The second-order valence-electron chi connectivity index (χ2n) is 4.97. The van der Waals surface area contributed by atoms with Crippen molar-refractivity contribution in [3.8, 4) is 0 Å². The molecule has 16 heavy (non-hydrogen) atoms. The second kappa shape index (κ2) is 5.12. The zero-order valence-electron chi connectivity index (χ0n) is 10.5. The maximum Gasteiger partial charge on any atom is 0.145 e. The highest BCUT2D eigenvalue weighted by molar-refractivity contribution is 5.46. The number of nitrogen functional groups attached to an aromatic ring is 1. The molecule has 0 bridgehead atoms. The van der Waals surface area contributed by atoms with Gasteiger partial charge in [-0.05, 0) is 5.41 Å². The molecule has 0 amide bonds. The van der Waals surface area contributed by atoms with E-state index in [0.717, 1.165) is 24.6 Å². The zero-order valence-corrected chi connectivity index (χ0v) is 10.5. The number of rotatable bonds is 4. The summed E-state index contributed by atoms with van der Waals surface area (Å²) in [4.78, 5) is 8.61. The first kappa shape index (κ1) is 12.7. The summed E-state index contributed by atoms with van der Waals surface area (Å²) in [5, 5.41) is 3.29. The Hall–Kier alpha value is -1.36. The van der Waals surface area contributed by atoms with Crippen LogP contribution in [0.5, 0.6) is 0 Å². The molecule has 0 fully saturated rings. The number of hydrazine groups is 1. The predicted molar refractivity (Wildman–Crippen MR) is 67.2 cm³/mol. The summed E-state index contributed by atoms with van der Waals surface area (Å²) in [6.07, 6.45) is 0.791. The van der Waals surface area contributed by atoms with E-state index in [4.69, 9.17) is 5.84 Å². The molecule has 1 aromatic rings. The number of aryl methyl sites for hydroxylation is 1. The average molecular weight is 223 g/mol. The van der Waals surface area contributed by atoms with Gasteiger partial charge in [-0.1, -0.05) is 27.7 Å². The van der Waals surface area contributed by atoms with Gasteiger partial charge in [-0.25, -0.2) is 15.8 Å². The van der Waals surface area contributed by atoms with Gasteiger partial charge in [0.05, 0.1) is 0 Å². The molecule has 5 nitrogen and oxygen atoms in total. The van der Waals surface area contributed by atoms with Crippen LogP contribution in [0.25, 0.3) is 0 Å². The van der Waals surface area contributed by atoms with E-state index in [0.29, 0.717) is 5.82 Å². The van der Waals surface area contributed by atoms with Crippen molar-refractivity contribution in [2.45, 2.75) is 34.1 Å². The zero-order chi connectivity index (χ0) is 12.2. The fourth-order valence-corrected chi connectivity index (χ4v) is 1.18. The van der Waals surface area contributed by atoms with Crippen molar-refractivity contribution in [2.75, 3.05) is 17.3 Å². The van der Waals surface area contributed by atoms with Crippen LogP contribution >= 0.6 is 0 Å². The quantitative estimate of drug-likeness (QED) is 0.536. The molecule has 1 rings (SSSR count). The van der Waals surface area contributed by atoms with Crippen molar-refractivity contribution in [3.05, 3.63) is 11.9 Å². The highest BCUT2D eigenvalue weighted by Crippen LogP contribution is 2.16. The maximum absolute atomic E-state index is 5.36.